The second-order valence-corrected chi connectivity index (χ2v) is 8.76. The molecule has 0 bridgehead atoms. The first-order valence-electron chi connectivity index (χ1n) is 9.27. The number of methoxy groups -OCH3 is 2. The maximum absolute atomic E-state index is 12.8. The quantitative estimate of drug-likeness (QED) is 0.674. The number of benzene rings is 2. The minimum Gasteiger partial charge on any atom is -0.493 e. The molecule has 0 aliphatic rings. The van der Waals surface area contributed by atoms with Crippen molar-refractivity contribution < 1.29 is 22.7 Å². The first kappa shape index (κ1) is 22.7. The van der Waals surface area contributed by atoms with Crippen LogP contribution in [0.25, 0.3) is 0 Å². The van der Waals surface area contributed by atoms with Crippen LogP contribution >= 0.6 is 0 Å². The van der Waals surface area contributed by atoms with Crippen LogP contribution in [0.5, 0.6) is 11.5 Å². The fourth-order valence-electron chi connectivity index (χ4n) is 2.90. The summed E-state index contributed by atoms with van der Waals surface area (Å²) in [7, 11) is 0.411. The normalized spacial score (nSPS) is 12.5. The van der Waals surface area contributed by atoms with E-state index in [1.54, 1.807) is 0 Å². The number of aryl methyl sites for hydroxylation is 1. The van der Waals surface area contributed by atoms with Gasteiger partial charge >= 0.3 is 0 Å². The average Bonchev–Trinajstić information content (AvgIpc) is 2.71. The average molecular weight is 421 g/mol. The molecule has 1 atom stereocenters. The highest BCUT2D eigenvalue weighted by Gasteiger charge is 2.25. The Kier molecular flexibility index (Phi) is 7.64. The van der Waals surface area contributed by atoms with Gasteiger partial charge in [-0.2, -0.15) is 4.31 Å². The van der Waals surface area contributed by atoms with Crippen molar-refractivity contribution in [3.63, 3.8) is 0 Å². The summed E-state index contributed by atoms with van der Waals surface area (Å²) >= 11 is 0. The Bertz CT molecular complexity index is 942. The second kappa shape index (κ2) is 9.76. The number of sulfonamides is 1. The molecule has 0 unspecified atom stereocenters. The standard InChI is InChI=1S/C21H28N2O5S/c1-6-18(16-9-7-15(2)8-10-16)22-21(24)14-23(3)29(25,26)17-11-12-19(27-4)20(13-17)28-5/h7-13,18H,6,14H2,1-5H3,(H,22,24)/t18-/m1/s1. The van der Waals surface area contributed by atoms with E-state index < -0.39 is 10.0 Å². The number of carbonyl (C=O) groups is 1. The largest absolute Gasteiger partial charge is 0.493 e. The van der Waals surface area contributed by atoms with Crippen molar-refractivity contribution in [3.05, 3.63) is 53.6 Å². The van der Waals surface area contributed by atoms with E-state index in [0.29, 0.717) is 17.9 Å². The third-order valence-electron chi connectivity index (χ3n) is 4.65. The number of likely N-dealkylation sites (N-methyl/N-ethyl adjacent to an activating group) is 1. The lowest BCUT2D eigenvalue weighted by Crippen LogP contribution is -2.39. The third kappa shape index (κ3) is 5.48. The predicted octanol–water partition coefficient (Wildman–Crippen LogP) is 2.90. The lowest BCUT2D eigenvalue weighted by atomic mass is 10.0. The van der Waals surface area contributed by atoms with Crippen LogP contribution in [0, 0.1) is 6.92 Å². The van der Waals surface area contributed by atoms with Gasteiger partial charge < -0.3 is 14.8 Å². The van der Waals surface area contributed by atoms with Gasteiger partial charge in [0.2, 0.25) is 15.9 Å². The van der Waals surface area contributed by atoms with Crippen molar-refractivity contribution in [1.82, 2.24) is 9.62 Å². The number of amides is 1. The van der Waals surface area contributed by atoms with E-state index in [2.05, 4.69) is 5.32 Å². The molecule has 0 saturated heterocycles. The molecule has 0 saturated carbocycles. The number of ether oxygens (including phenoxy) is 2. The number of carbonyl (C=O) groups excluding carboxylic acids is 1. The first-order valence-corrected chi connectivity index (χ1v) is 10.7. The topological polar surface area (TPSA) is 84.9 Å². The Balaban J connectivity index is 2.12. The van der Waals surface area contributed by atoms with Crippen molar-refractivity contribution >= 4 is 15.9 Å². The van der Waals surface area contributed by atoms with E-state index >= 15 is 0 Å². The van der Waals surface area contributed by atoms with E-state index in [-0.39, 0.29) is 23.4 Å². The predicted molar refractivity (Wildman–Crippen MR) is 112 cm³/mol. The Morgan fingerprint density at radius 3 is 2.24 bits per heavy atom. The monoisotopic (exact) mass is 420 g/mol. The highest BCUT2D eigenvalue weighted by molar-refractivity contribution is 7.89. The molecule has 0 spiro atoms. The molecule has 8 heteroatoms. The van der Waals surface area contributed by atoms with Gasteiger partial charge in [-0.1, -0.05) is 36.8 Å². The van der Waals surface area contributed by atoms with Crippen LogP contribution < -0.4 is 14.8 Å². The molecule has 0 aliphatic carbocycles. The molecule has 7 nitrogen and oxygen atoms in total. The van der Waals surface area contributed by atoms with Gasteiger partial charge in [-0.05, 0) is 31.0 Å². The summed E-state index contributed by atoms with van der Waals surface area (Å²) in [6, 6.07) is 12.0. The smallest absolute Gasteiger partial charge is 0.243 e. The molecule has 1 amide bonds. The summed E-state index contributed by atoms with van der Waals surface area (Å²) in [5, 5.41) is 2.91. The number of nitrogens with one attached hydrogen (secondary N) is 1. The molecule has 29 heavy (non-hydrogen) atoms. The summed E-state index contributed by atoms with van der Waals surface area (Å²) in [6.07, 6.45) is 0.695. The summed E-state index contributed by atoms with van der Waals surface area (Å²) in [5.41, 5.74) is 2.12. The van der Waals surface area contributed by atoms with Gasteiger partial charge in [-0.15, -0.1) is 0 Å². The van der Waals surface area contributed by atoms with Gasteiger partial charge in [0.15, 0.2) is 11.5 Å². The minimum absolute atomic E-state index is 0.0241. The molecule has 0 aliphatic heterocycles. The minimum atomic E-state index is -3.87. The van der Waals surface area contributed by atoms with E-state index in [9.17, 15) is 13.2 Å². The zero-order valence-electron chi connectivity index (χ0n) is 17.4. The fourth-order valence-corrected chi connectivity index (χ4v) is 4.05. The van der Waals surface area contributed by atoms with Gasteiger partial charge in [0.1, 0.15) is 0 Å². The maximum atomic E-state index is 12.8. The molecule has 0 heterocycles. The molecular weight excluding hydrogens is 392 g/mol. The van der Waals surface area contributed by atoms with Crippen molar-refractivity contribution in [2.75, 3.05) is 27.8 Å². The first-order chi connectivity index (χ1) is 13.7. The fraction of sp³-hybridized carbons (Fsp3) is 0.381. The highest BCUT2D eigenvalue weighted by Crippen LogP contribution is 2.30. The van der Waals surface area contributed by atoms with Crippen LogP contribution in [0.2, 0.25) is 0 Å². The van der Waals surface area contributed by atoms with E-state index in [1.807, 2.05) is 38.1 Å². The summed E-state index contributed by atoms with van der Waals surface area (Å²) < 4.78 is 37.0. The number of nitrogens with zero attached hydrogens (tertiary/aromatic N) is 1. The van der Waals surface area contributed by atoms with Crippen LogP contribution in [-0.4, -0.2) is 46.4 Å². The van der Waals surface area contributed by atoms with Gasteiger partial charge in [-0.25, -0.2) is 8.42 Å². The number of hydrogen-bond acceptors (Lipinski definition) is 5. The molecule has 0 aromatic heterocycles. The lowest BCUT2D eigenvalue weighted by molar-refractivity contribution is -0.121. The third-order valence-corrected chi connectivity index (χ3v) is 6.45. The lowest BCUT2D eigenvalue weighted by Gasteiger charge is -2.21. The summed E-state index contributed by atoms with van der Waals surface area (Å²) in [5.74, 6) is 0.358. The van der Waals surface area contributed by atoms with Gasteiger partial charge in [0.05, 0.1) is 31.7 Å². The maximum Gasteiger partial charge on any atom is 0.243 e. The summed E-state index contributed by atoms with van der Waals surface area (Å²) in [4.78, 5) is 12.5. The zero-order chi connectivity index (χ0) is 21.6. The van der Waals surface area contributed by atoms with Crippen LogP contribution in [-0.2, 0) is 14.8 Å². The molecule has 1 N–H and O–H groups in total. The Labute approximate surface area is 172 Å². The Morgan fingerprint density at radius 1 is 1.07 bits per heavy atom. The van der Waals surface area contributed by atoms with E-state index in [4.69, 9.17) is 9.47 Å². The molecular formula is C21H28N2O5S. The highest BCUT2D eigenvalue weighted by atomic mass is 32.2. The molecule has 158 valence electrons. The van der Waals surface area contributed by atoms with Gasteiger partial charge in [-0.3, -0.25) is 4.79 Å². The SMILES string of the molecule is CC[C@@H](NC(=O)CN(C)S(=O)(=O)c1ccc(OC)c(OC)c1)c1ccc(C)cc1. The van der Waals surface area contributed by atoms with Crippen LogP contribution in [0.3, 0.4) is 0 Å². The molecule has 0 radical (unpaired) electrons. The second-order valence-electron chi connectivity index (χ2n) is 6.72. The molecule has 2 aromatic carbocycles. The van der Waals surface area contributed by atoms with E-state index in [1.165, 1.54) is 39.5 Å². The van der Waals surface area contributed by atoms with E-state index in [0.717, 1.165) is 15.4 Å². The molecule has 0 fully saturated rings. The van der Waals surface area contributed by atoms with Crippen LogP contribution in [0.4, 0.5) is 0 Å². The van der Waals surface area contributed by atoms with Crippen molar-refractivity contribution in [2.24, 2.45) is 0 Å². The van der Waals surface area contributed by atoms with Gasteiger partial charge in [0.25, 0.3) is 0 Å². The van der Waals surface area contributed by atoms with Crippen LogP contribution in [0.1, 0.15) is 30.5 Å². The number of hydrogen-bond donors (Lipinski definition) is 1. The molecule has 2 aromatic rings. The van der Waals surface area contributed by atoms with Crippen LogP contribution in [0.15, 0.2) is 47.4 Å². The molecule has 2 rings (SSSR count). The number of rotatable bonds is 9. The summed E-state index contributed by atoms with van der Waals surface area (Å²) in [6.45, 7) is 3.67. The van der Waals surface area contributed by atoms with Crippen molar-refractivity contribution in [2.45, 2.75) is 31.2 Å². The van der Waals surface area contributed by atoms with Crippen molar-refractivity contribution in [1.29, 1.82) is 0 Å². The Morgan fingerprint density at radius 2 is 1.69 bits per heavy atom. The zero-order valence-corrected chi connectivity index (χ0v) is 18.2. The van der Waals surface area contributed by atoms with Gasteiger partial charge in [0, 0.05) is 13.1 Å². The van der Waals surface area contributed by atoms with Crippen molar-refractivity contribution in [3.8, 4) is 11.5 Å². The Hall–Kier alpha value is -2.58.